The zero-order chi connectivity index (χ0) is 12.0. The van der Waals surface area contributed by atoms with E-state index in [1.54, 1.807) is 0 Å². The second-order valence-corrected chi connectivity index (χ2v) is 4.51. The third kappa shape index (κ3) is 1.44. The van der Waals surface area contributed by atoms with E-state index in [1.165, 1.54) is 0 Å². The SMILES string of the molecule is NCC(=O)c1c2c(c(Cl)c3c1OCC3)OCC2. The van der Waals surface area contributed by atoms with Crippen molar-refractivity contribution >= 4 is 17.4 Å². The van der Waals surface area contributed by atoms with Crippen molar-refractivity contribution in [3.05, 3.63) is 21.7 Å². The van der Waals surface area contributed by atoms with Crippen LogP contribution < -0.4 is 15.2 Å². The van der Waals surface area contributed by atoms with Gasteiger partial charge in [0.15, 0.2) is 5.78 Å². The van der Waals surface area contributed by atoms with Crippen LogP contribution in [0, 0.1) is 0 Å². The van der Waals surface area contributed by atoms with Crippen molar-refractivity contribution in [1.82, 2.24) is 0 Å². The van der Waals surface area contributed by atoms with Crippen LogP contribution in [-0.2, 0) is 12.8 Å². The molecule has 4 nitrogen and oxygen atoms in total. The van der Waals surface area contributed by atoms with E-state index in [2.05, 4.69) is 0 Å². The van der Waals surface area contributed by atoms with Crippen LogP contribution in [0.2, 0.25) is 5.02 Å². The van der Waals surface area contributed by atoms with Gasteiger partial charge in [0.1, 0.15) is 11.5 Å². The highest BCUT2D eigenvalue weighted by atomic mass is 35.5. The Morgan fingerprint density at radius 2 is 1.82 bits per heavy atom. The van der Waals surface area contributed by atoms with Gasteiger partial charge in [0.25, 0.3) is 0 Å². The minimum absolute atomic E-state index is 0.0239. The number of ketones is 1. The fraction of sp³-hybridized carbons (Fsp3) is 0.417. The van der Waals surface area contributed by atoms with E-state index in [-0.39, 0.29) is 12.3 Å². The molecule has 0 aromatic heterocycles. The van der Waals surface area contributed by atoms with Gasteiger partial charge in [0.05, 0.1) is 30.3 Å². The van der Waals surface area contributed by atoms with Gasteiger partial charge in [-0.1, -0.05) is 11.6 Å². The maximum atomic E-state index is 11.9. The highest BCUT2D eigenvalue weighted by Crippen LogP contribution is 2.46. The fourth-order valence-electron chi connectivity index (χ4n) is 2.45. The van der Waals surface area contributed by atoms with Gasteiger partial charge in [-0.3, -0.25) is 4.79 Å². The van der Waals surface area contributed by atoms with Crippen LogP contribution in [0.4, 0.5) is 0 Å². The second-order valence-electron chi connectivity index (χ2n) is 4.13. The molecule has 1 aromatic rings. The first kappa shape index (κ1) is 10.9. The standard InChI is InChI=1S/C12H12ClNO3/c13-10-7-2-4-16-11(7)9(8(15)5-14)6-1-3-17-12(6)10/h1-5,14H2. The molecule has 2 N–H and O–H groups in total. The molecule has 1 aromatic carbocycles. The first-order chi connectivity index (χ1) is 8.24. The Kier molecular flexibility index (Phi) is 2.49. The summed E-state index contributed by atoms with van der Waals surface area (Å²) in [7, 11) is 0. The number of halogens is 1. The first-order valence-electron chi connectivity index (χ1n) is 5.60. The Morgan fingerprint density at radius 3 is 2.53 bits per heavy atom. The molecule has 0 saturated carbocycles. The second kappa shape index (κ2) is 3.89. The molecule has 2 aliphatic heterocycles. The quantitative estimate of drug-likeness (QED) is 0.809. The summed E-state index contributed by atoms with van der Waals surface area (Å²) in [6, 6.07) is 0. The molecular weight excluding hydrogens is 242 g/mol. The maximum Gasteiger partial charge on any atom is 0.180 e. The summed E-state index contributed by atoms with van der Waals surface area (Å²) >= 11 is 6.27. The average Bonchev–Trinajstić information content (AvgIpc) is 2.96. The van der Waals surface area contributed by atoms with Gasteiger partial charge in [-0.15, -0.1) is 0 Å². The Morgan fingerprint density at radius 1 is 1.18 bits per heavy atom. The van der Waals surface area contributed by atoms with Crippen molar-refractivity contribution in [2.75, 3.05) is 19.8 Å². The molecular formula is C12H12ClNO3. The van der Waals surface area contributed by atoms with E-state index >= 15 is 0 Å². The van der Waals surface area contributed by atoms with Crippen LogP contribution >= 0.6 is 11.6 Å². The van der Waals surface area contributed by atoms with E-state index < -0.39 is 0 Å². The molecule has 0 radical (unpaired) electrons. The Labute approximate surface area is 104 Å². The maximum absolute atomic E-state index is 11.9. The summed E-state index contributed by atoms with van der Waals surface area (Å²) in [6.07, 6.45) is 1.41. The minimum Gasteiger partial charge on any atom is -0.492 e. The van der Waals surface area contributed by atoms with Gasteiger partial charge in [-0.05, 0) is 0 Å². The number of Topliss-reactive ketones (excluding diaryl/α,β-unsaturated/α-hetero) is 1. The number of ether oxygens (including phenoxy) is 2. The monoisotopic (exact) mass is 253 g/mol. The lowest BCUT2D eigenvalue weighted by molar-refractivity contribution is 0.0997. The van der Waals surface area contributed by atoms with Gasteiger partial charge in [-0.2, -0.15) is 0 Å². The molecule has 0 amide bonds. The van der Waals surface area contributed by atoms with Crippen molar-refractivity contribution in [2.45, 2.75) is 12.8 Å². The van der Waals surface area contributed by atoms with Crippen LogP contribution in [0.3, 0.4) is 0 Å². The molecule has 0 saturated heterocycles. The van der Waals surface area contributed by atoms with Crippen molar-refractivity contribution in [2.24, 2.45) is 5.73 Å². The van der Waals surface area contributed by atoms with Crippen LogP contribution in [0.1, 0.15) is 21.5 Å². The van der Waals surface area contributed by atoms with Gasteiger partial charge < -0.3 is 15.2 Å². The van der Waals surface area contributed by atoms with Gasteiger partial charge in [-0.25, -0.2) is 0 Å². The lowest BCUT2D eigenvalue weighted by atomic mass is 9.96. The van der Waals surface area contributed by atoms with Crippen LogP contribution in [0.5, 0.6) is 11.5 Å². The largest absolute Gasteiger partial charge is 0.492 e. The van der Waals surface area contributed by atoms with E-state index in [4.69, 9.17) is 26.8 Å². The van der Waals surface area contributed by atoms with Crippen LogP contribution in [0.25, 0.3) is 0 Å². The Bertz CT molecular complexity index is 478. The number of hydrogen-bond acceptors (Lipinski definition) is 4. The summed E-state index contributed by atoms with van der Waals surface area (Å²) in [5, 5.41) is 0.596. The highest BCUT2D eigenvalue weighted by Gasteiger charge is 2.32. The topological polar surface area (TPSA) is 61.6 Å². The third-order valence-electron chi connectivity index (χ3n) is 3.20. The molecule has 90 valence electrons. The van der Waals surface area contributed by atoms with E-state index in [0.29, 0.717) is 41.7 Å². The molecule has 0 spiro atoms. The predicted octanol–water partition coefficient (Wildman–Crippen LogP) is 1.35. The number of carbonyl (C=O) groups is 1. The summed E-state index contributed by atoms with van der Waals surface area (Å²) < 4.78 is 11.1. The van der Waals surface area contributed by atoms with Gasteiger partial charge >= 0.3 is 0 Å². The smallest absolute Gasteiger partial charge is 0.180 e. The molecule has 0 aliphatic carbocycles. The first-order valence-corrected chi connectivity index (χ1v) is 5.98. The zero-order valence-corrected chi connectivity index (χ0v) is 9.97. The van der Waals surface area contributed by atoms with Crippen molar-refractivity contribution in [3.8, 4) is 11.5 Å². The Hall–Kier alpha value is -1.26. The molecule has 5 heteroatoms. The van der Waals surface area contributed by atoms with Crippen LogP contribution in [0.15, 0.2) is 0 Å². The number of hydrogen-bond donors (Lipinski definition) is 1. The molecule has 0 fully saturated rings. The minimum atomic E-state index is -0.110. The zero-order valence-electron chi connectivity index (χ0n) is 9.22. The molecule has 3 rings (SSSR count). The normalized spacial score (nSPS) is 16.1. The summed E-state index contributed by atoms with van der Waals surface area (Å²) in [5.41, 5.74) is 7.76. The summed E-state index contributed by atoms with van der Waals surface area (Å²) in [6.45, 7) is 1.09. The van der Waals surface area contributed by atoms with E-state index in [1.807, 2.05) is 0 Å². The van der Waals surface area contributed by atoms with E-state index in [9.17, 15) is 4.79 Å². The molecule has 17 heavy (non-hydrogen) atoms. The number of rotatable bonds is 2. The van der Waals surface area contributed by atoms with Crippen molar-refractivity contribution in [1.29, 1.82) is 0 Å². The highest BCUT2D eigenvalue weighted by molar-refractivity contribution is 6.33. The molecule has 0 bridgehead atoms. The average molecular weight is 254 g/mol. The van der Waals surface area contributed by atoms with Gasteiger partial charge in [0, 0.05) is 24.0 Å². The number of benzene rings is 1. The van der Waals surface area contributed by atoms with Crippen molar-refractivity contribution in [3.63, 3.8) is 0 Å². The Balaban J connectivity index is 2.30. The molecule has 2 aliphatic rings. The predicted molar refractivity (Wildman–Crippen MR) is 63.2 cm³/mol. The lowest BCUT2D eigenvalue weighted by Crippen LogP contribution is -2.16. The molecule has 0 unspecified atom stereocenters. The summed E-state index contributed by atoms with van der Waals surface area (Å²) in [5.74, 6) is 1.16. The summed E-state index contributed by atoms with van der Waals surface area (Å²) in [4.78, 5) is 11.9. The van der Waals surface area contributed by atoms with E-state index in [0.717, 1.165) is 17.5 Å². The fourth-order valence-corrected chi connectivity index (χ4v) is 2.80. The number of nitrogens with two attached hydrogens (primary N) is 1. The lowest BCUT2D eigenvalue weighted by Gasteiger charge is -2.13. The third-order valence-corrected chi connectivity index (χ3v) is 3.60. The molecule has 2 heterocycles. The molecule has 0 atom stereocenters. The number of fused-ring (bicyclic) bond motifs is 2. The van der Waals surface area contributed by atoms with Crippen molar-refractivity contribution < 1.29 is 14.3 Å². The number of carbonyl (C=O) groups excluding carboxylic acids is 1. The van der Waals surface area contributed by atoms with Crippen LogP contribution in [-0.4, -0.2) is 25.5 Å². The van der Waals surface area contributed by atoms with Gasteiger partial charge in [0.2, 0.25) is 0 Å².